The van der Waals surface area contributed by atoms with Crippen LogP contribution in [0.15, 0.2) is 65.7 Å². The summed E-state index contributed by atoms with van der Waals surface area (Å²) >= 11 is 0. The number of carbonyl (C=O) groups is 1. The quantitative estimate of drug-likeness (QED) is 0.603. The number of esters is 1. The van der Waals surface area contributed by atoms with E-state index in [4.69, 9.17) is 9.47 Å². The minimum atomic E-state index is -0.478. The van der Waals surface area contributed by atoms with Crippen molar-refractivity contribution in [1.82, 2.24) is 0 Å². The van der Waals surface area contributed by atoms with E-state index in [2.05, 4.69) is 4.99 Å². The molecule has 0 radical (unpaired) electrons. The van der Waals surface area contributed by atoms with Crippen LogP contribution in [0.5, 0.6) is 5.75 Å². The molecule has 0 aliphatic rings. The molecule has 112 valence electrons. The van der Waals surface area contributed by atoms with E-state index in [1.807, 2.05) is 36.4 Å². The fourth-order valence-corrected chi connectivity index (χ4v) is 1.71. The largest absolute Gasteiger partial charge is 0.497 e. The maximum absolute atomic E-state index is 11.5. The van der Waals surface area contributed by atoms with E-state index in [9.17, 15) is 4.79 Å². The van der Waals surface area contributed by atoms with Gasteiger partial charge in [0.1, 0.15) is 18.6 Å². The second-order valence-corrected chi connectivity index (χ2v) is 4.40. The van der Waals surface area contributed by atoms with Crippen LogP contribution >= 0.6 is 0 Å². The summed E-state index contributed by atoms with van der Waals surface area (Å²) in [6.07, 6.45) is 4.85. The van der Waals surface area contributed by atoms with Crippen molar-refractivity contribution in [2.24, 2.45) is 4.99 Å². The molecule has 0 saturated heterocycles. The highest BCUT2D eigenvalue weighted by molar-refractivity contribution is 6.23. The zero-order valence-corrected chi connectivity index (χ0v) is 12.3. The molecule has 0 spiro atoms. The lowest BCUT2D eigenvalue weighted by Crippen LogP contribution is -2.05. The van der Waals surface area contributed by atoms with Crippen LogP contribution in [0.4, 0.5) is 5.69 Å². The van der Waals surface area contributed by atoms with Crippen LogP contribution in [0.25, 0.3) is 6.08 Å². The minimum Gasteiger partial charge on any atom is -0.497 e. The molecule has 0 saturated carbocycles. The van der Waals surface area contributed by atoms with Crippen LogP contribution in [0.3, 0.4) is 0 Å². The van der Waals surface area contributed by atoms with Crippen molar-refractivity contribution in [1.29, 1.82) is 0 Å². The Hall–Kier alpha value is -2.88. The Labute approximate surface area is 129 Å². The van der Waals surface area contributed by atoms with Gasteiger partial charge in [-0.3, -0.25) is 0 Å². The molecule has 2 rings (SSSR count). The van der Waals surface area contributed by atoms with Crippen molar-refractivity contribution in [2.75, 3.05) is 13.7 Å². The number of hydrogen-bond donors (Lipinski definition) is 0. The third-order valence-corrected chi connectivity index (χ3v) is 2.82. The summed E-state index contributed by atoms with van der Waals surface area (Å²) in [7, 11) is 1.60. The number of benzene rings is 2. The van der Waals surface area contributed by atoms with Crippen LogP contribution in [-0.4, -0.2) is 25.9 Å². The second kappa shape index (κ2) is 8.42. The van der Waals surface area contributed by atoms with Crippen LogP contribution < -0.4 is 4.74 Å². The molecule has 0 aliphatic carbocycles. The highest BCUT2D eigenvalue weighted by Crippen LogP contribution is 2.16. The average Bonchev–Trinajstić information content (AvgIpc) is 2.58. The molecule has 4 heteroatoms. The van der Waals surface area contributed by atoms with Crippen LogP contribution in [-0.2, 0) is 9.53 Å². The smallest absolute Gasteiger partial charge is 0.349 e. The number of carbonyl (C=O) groups excluding carboxylic acids is 1. The summed E-state index contributed by atoms with van der Waals surface area (Å²) in [6.45, 7) is 0.211. The first-order valence-corrected chi connectivity index (χ1v) is 6.84. The summed E-state index contributed by atoms with van der Waals surface area (Å²) in [6, 6.07) is 16.9. The van der Waals surface area contributed by atoms with Crippen LogP contribution in [0.2, 0.25) is 0 Å². The Kier molecular flexibility index (Phi) is 5.93. The SMILES string of the molecule is COc1ccc(N=CC(=O)OC/C=C/c2ccccc2)cc1. The second-order valence-electron chi connectivity index (χ2n) is 4.40. The molecular formula is C18H17NO3. The maximum atomic E-state index is 11.5. The Morgan fingerprint density at radius 2 is 1.82 bits per heavy atom. The van der Waals surface area contributed by atoms with Crippen molar-refractivity contribution >= 4 is 23.9 Å². The number of methoxy groups -OCH3 is 1. The van der Waals surface area contributed by atoms with E-state index in [0.717, 1.165) is 17.5 Å². The first kappa shape index (κ1) is 15.5. The van der Waals surface area contributed by atoms with Gasteiger partial charge in [-0.05, 0) is 35.9 Å². The van der Waals surface area contributed by atoms with E-state index < -0.39 is 5.97 Å². The molecule has 2 aromatic rings. The van der Waals surface area contributed by atoms with Crippen LogP contribution in [0.1, 0.15) is 5.56 Å². The summed E-state index contributed by atoms with van der Waals surface area (Å²) in [5.41, 5.74) is 1.73. The molecule has 0 aromatic heterocycles. The molecular weight excluding hydrogens is 278 g/mol. The van der Waals surface area contributed by atoms with E-state index in [-0.39, 0.29) is 6.61 Å². The van der Waals surface area contributed by atoms with Gasteiger partial charge < -0.3 is 9.47 Å². The highest BCUT2D eigenvalue weighted by atomic mass is 16.5. The molecule has 0 unspecified atom stereocenters. The summed E-state index contributed by atoms with van der Waals surface area (Å²) in [5.74, 6) is 0.265. The molecule has 0 amide bonds. The number of hydrogen-bond acceptors (Lipinski definition) is 4. The van der Waals surface area contributed by atoms with E-state index in [1.165, 1.54) is 0 Å². The molecule has 0 heterocycles. The zero-order chi connectivity index (χ0) is 15.6. The van der Waals surface area contributed by atoms with Crippen molar-refractivity contribution < 1.29 is 14.3 Å². The van der Waals surface area contributed by atoms with Crippen LogP contribution in [0, 0.1) is 0 Å². The predicted molar refractivity (Wildman–Crippen MR) is 87.6 cm³/mol. The van der Waals surface area contributed by atoms with Gasteiger partial charge >= 0.3 is 5.97 Å². The Morgan fingerprint density at radius 3 is 2.50 bits per heavy atom. The standard InChI is InChI=1S/C18H17NO3/c1-21-17-11-9-16(10-12-17)19-14-18(20)22-13-5-8-15-6-3-2-4-7-15/h2-12,14H,13H2,1H3/b8-5+,19-14?. The summed E-state index contributed by atoms with van der Waals surface area (Å²) < 4.78 is 10.1. The predicted octanol–water partition coefficient (Wildman–Crippen LogP) is 3.65. The monoisotopic (exact) mass is 295 g/mol. The first-order chi connectivity index (χ1) is 10.8. The molecule has 0 fully saturated rings. The van der Waals surface area contributed by atoms with Gasteiger partial charge in [-0.1, -0.05) is 36.4 Å². The fraction of sp³-hybridized carbons (Fsp3) is 0.111. The highest BCUT2D eigenvalue weighted by Gasteiger charge is 1.96. The lowest BCUT2D eigenvalue weighted by Gasteiger charge is -1.99. The molecule has 0 bridgehead atoms. The molecule has 4 nitrogen and oxygen atoms in total. The van der Waals surface area contributed by atoms with Gasteiger partial charge in [-0.2, -0.15) is 0 Å². The van der Waals surface area contributed by atoms with Gasteiger partial charge in [-0.15, -0.1) is 0 Å². The molecule has 0 N–H and O–H groups in total. The summed E-state index contributed by atoms with van der Waals surface area (Å²) in [4.78, 5) is 15.6. The molecule has 2 aromatic carbocycles. The third-order valence-electron chi connectivity index (χ3n) is 2.82. The number of nitrogens with zero attached hydrogens (tertiary/aromatic N) is 1. The molecule has 0 atom stereocenters. The normalized spacial score (nSPS) is 11.0. The van der Waals surface area contributed by atoms with E-state index >= 15 is 0 Å². The van der Waals surface area contributed by atoms with Crippen molar-refractivity contribution in [3.05, 3.63) is 66.2 Å². The van der Waals surface area contributed by atoms with Gasteiger partial charge in [0, 0.05) is 0 Å². The minimum absolute atomic E-state index is 0.211. The summed E-state index contributed by atoms with van der Waals surface area (Å²) in [5, 5.41) is 0. The Balaban J connectivity index is 1.77. The molecule has 0 aliphatic heterocycles. The average molecular weight is 295 g/mol. The zero-order valence-electron chi connectivity index (χ0n) is 12.3. The number of rotatable bonds is 6. The number of ether oxygens (including phenoxy) is 2. The fourth-order valence-electron chi connectivity index (χ4n) is 1.71. The molecule has 22 heavy (non-hydrogen) atoms. The van der Waals surface area contributed by atoms with Crippen molar-refractivity contribution in [3.8, 4) is 5.75 Å². The maximum Gasteiger partial charge on any atom is 0.349 e. The lowest BCUT2D eigenvalue weighted by molar-refractivity contribution is -0.133. The van der Waals surface area contributed by atoms with E-state index in [0.29, 0.717) is 5.69 Å². The van der Waals surface area contributed by atoms with Gasteiger partial charge in [-0.25, -0.2) is 9.79 Å². The van der Waals surface area contributed by atoms with E-state index in [1.54, 1.807) is 37.5 Å². The van der Waals surface area contributed by atoms with Crippen molar-refractivity contribution in [3.63, 3.8) is 0 Å². The Bertz CT molecular complexity index is 646. The Morgan fingerprint density at radius 1 is 1.09 bits per heavy atom. The van der Waals surface area contributed by atoms with Gasteiger partial charge in [0.05, 0.1) is 12.8 Å². The number of aliphatic imine (C=N–C) groups is 1. The van der Waals surface area contributed by atoms with Gasteiger partial charge in [0.15, 0.2) is 0 Å². The van der Waals surface area contributed by atoms with Gasteiger partial charge in [0.2, 0.25) is 0 Å². The van der Waals surface area contributed by atoms with Crippen molar-refractivity contribution in [2.45, 2.75) is 0 Å². The topological polar surface area (TPSA) is 47.9 Å². The first-order valence-electron chi connectivity index (χ1n) is 6.84. The van der Waals surface area contributed by atoms with Gasteiger partial charge in [0.25, 0.3) is 0 Å². The third kappa shape index (κ3) is 5.25. The lowest BCUT2D eigenvalue weighted by atomic mass is 10.2.